The summed E-state index contributed by atoms with van der Waals surface area (Å²) in [6, 6.07) is 8.10. The number of hydrogen-bond acceptors (Lipinski definition) is 4. The summed E-state index contributed by atoms with van der Waals surface area (Å²) < 4.78 is 5.28. The first-order valence-electron chi connectivity index (χ1n) is 9.75. The van der Waals surface area contributed by atoms with Gasteiger partial charge in [0.05, 0.1) is 7.11 Å². The van der Waals surface area contributed by atoms with Crippen LogP contribution >= 0.6 is 0 Å². The van der Waals surface area contributed by atoms with Crippen molar-refractivity contribution in [1.29, 1.82) is 0 Å². The second kappa shape index (κ2) is 9.08. The summed E-state index contributed by atoms with van der Waals surface area (Å²) in [6.45, 7) is 8.09. The van der Waals surface area contributed by atoms with E-state index in [4.69, 9.17) is 4.74 Å². The fourth-order valence-corrected chi connectivity index (χ4v) is 3.78. The molecule has 0 saturated carbocycles. The zero-order valence-electron chi connectivity index (χ0n) is 16.3. The number of nitrogens with zero attached hydrogens (tertiary/aromatic N) is 3. The van der Waals surface area contributed by atoms with E-state index in [9.17, 15) is 9.59 Å². The molecule has 1 N–H and O–H groups in total. The van der Waals surface area contributed by atoms with Crippen LogP contribution in [0.5, 0.6) is 5.75 Å². The predicted octanol–water partition coefficient (Wildman–Crippen LogP) is 1.39. The van der Waals surface area contributed by atoms with E-state index in [-0.39, 0.29) is 17.9 Å². The lowest BCUT2D eigenvalue weighted by molar-refractivity contribution is -0.127. The number of rotatable bonds is 6. The Bertz CT molecular complexity index is 658. The topological polar surface area (TPSA) is 65.1 Å². The van der Waals surface area contributed by atoms with Gasteiger partial charge in [-0.15, -0.1) is 0 Å². The molecule has 27 heavy (non-hydrogen) atoms. The van der Waals surface area contributed by atoms with E-state index in [1.54, 1.807) is 7.11 Å². The van der Waals surface area contributed by atoms with Gasteiger partial charge in [-0.3, -0.25) is 9.69 Å². The Labute approximate surface area is 161 Å². The Balaban J connectivity index is 1.39. The molecule has 1 atom stereocenters. The van der Waals surface area contributed by atoms with Crippen molar-refractivity contribution in [3.8, 4) is 5.75 Å². The van der Waals surface area contributed by atoms with Gasteiger partial charge in [-0.1, -0.05) is 12.1 Å². The van der Waals surface area contributed by atoms with Crippen LogP contribution in [0.1, 0.15) is 18.9 Å². The van der Waals surface area contributed by atoms with E-state index in [0.717, 1.165) is 51.6 Å². The molecule has 2 aliphatic rings. The monoisotopic (exact) mass is 374 g/mol. The van der Waals surface area contributed by atoms with Gasteiger partial charge in [0.1, 0.15) is 5.75 Å². The molecule has 3 amide bonds. The van der Waals surface area contributed by atoms with Gasteiger partial charge in [0.2, 0.25) is 5.91 Å². The van der Waals surface area contributed by atoms with Gasteiger partial charge in [-0.2, -0.15) is 0 Å². The van der Waals surface area contributed by atoms with Crippen molar-refractivity contribution in [3.05, 3.63) is 29.8 Å². The molecule has 1 aromatic rings. The van der Waals surface area contributed by atoms with Gasteiger partial charge in [0, 0.05) is 64.7 Å². The third-order valence-corrected chi connectivity index (χ3v) is 5.42. The highest BCUT2D eigenvalue weighted by Gasteiger charge is 2.29. The third kappa shape index (κ3) is 5.13. The van der Waals surface area contributed by atoms with Crippen LogP contribution in [0.2, 0.25) is 0 Å². The number of carbonyl (C=O) groups is 2. The normalized spacial score (nSPS) is 20.8. The van der Waals surface area contributed by atoms with Crippen LogP contribution in [0.25, 0.3) is 0 Å². The molecule has 0 radical (unpaired) electrons. The minimum Gasteiger partial charge on any atom is -0.497 e. The fourth-order valence-electron chi connectivity index (χ4n) is 3.78. The number of likely N-dealkylation sites (tertiary alicyclic amines) is 1. The smallest absolute Gasteiger partial charge is 0.317 e. The fraction of sp³-hybridized carbons (Fsp3) is 0.600. The van der Waals surface area contributed by atoms with Crippen LogP contribution in [0.15, 0.2) is 24.3 Å². The van der Waals surface area contributed by atoms with Crippen molar-refractivity contribution in [3.63, 3.8) is 0 Å². The number of urea groups is 1. The number of carbonyl (C=O) groups excluding carboxylic acids is 2. The molecule has 0 bridgehead atoms. The first kappa shape index (κ1) is 19.5. The van der Waals surface area contributed by atoms with E-state index in [1.807, 2.05) is 28.9 Å². The summed E-state index contributed by atoms with van der Waals surface area (Å²) in [5.74, 6) is 1.30. The van der Waals surface area contributed by atoms with E-state index >= 15 is 0 Å². The third-order valence-electron chi connectivity index (χ3n) is 5.42. The molecule has 7 heteroatoms. The predicted molar refractivity (Wildman–Crippen MR) is 104 cm³/mol. The van der Waals surface area contributed by atoms with Crippen LogP contribution in [0, 0.1) is 5.92 Å². The maximum absolute atomic E-state index is 12.4. The highest BCUT2D eigenvalue weighted by Crippen LogP contribution is 2.17. The molecular weight excluding hydrogens is 344 g/mol. The maximum atomic E-state index is 12.4. The lowest BCUT2D eigenvalue weighted by Crippen LogP contribution is -2.52. The molecule has 1 aromatic carbocycles. The minimum atomic E-state index is -0.0153. The molecule has 2 fully saturated rings. The van der Waals surface area contributed by atoms with Gasteiger partial charge in [0.15, 0.2) is 0 Å². The number of nitrogens with one attached hydrogen (secondary N) is 1. The summed E-state index contributed by atoms with van der Waals surface area (Å²) in [5.41, 5.74) is 1.22. The molecular formula is C20H30N4O3. The zero-order chi connectivity index (χ0) is 19.2. The standard InChI is InChI=1S/C20H30N4O3/c1-3-23-15-17(12-19(23)25)13-21-20(26)24-9-7-22(8-10-24)14-16-5-4-6-18(11-16)27-2/h4-6,11,17H,3,7-10,12-15H2,1-2H3,(H,21,26)/t17-/m0/s1. The van der Waals surface area contributed by atoms with Crippen LogP contribution < -0.4 is 10.1 Å². The van der Waals surface area contributed by atoms with Crippen LogP contribution in [-0.4, -0.2) is 79.6 Å². The second-order valence-corrected chi connectivity index (χ2v) is 7.30. The second-order valence-electron chi connectivity index (χ2n) is 7.30. The molecule has 2 heterocycles. The van der Waals surface area contributed by atoms with Gasteiger partial charge in [0.25, 0.3) is 0 Å². The molecule has 7 nitrogen and oxygen atoms in total. The Hall–Kier alpha value is -2.28. The molecule has 0 aliphatic carbocycles. The summed E-state index contributed by atoms with van der Waals surface area (Å²) in [5, 5.41) is 3.01. The maximum Gasteiger partial charge on any atom is 0.317 e. The Morgan fingerprint density at radius 1 is 1.26 bits per heavy atom. The van der Waals surface area contributed by atoms with Crippen molar-refractivity contribution in [2.45, 2.75) is 19.9 Å². The number of piperazine rings is 1. The van der Waals surface area contributed by atoms with Gasteiger partial charge >= 0.3 is 6.03 Å². The van der Waals surface area contributed by atoms with Crippen molar-refractivity contribution in [2.75, 3.05) is 52.9 Å². The largest absolute Gasteiger partial charge is 0.497 e. The lowest BCUT2D eigenvalue weighted by atomic mass is 10.1. The van der Waals surface area contributed by atoms with Gasteiger partial charge < -0.3 is 19.9 Å². The summed E-state index contributed by atoms with van der Waals surface area (Å²) in [7, 11) is 1.68. The number of methoxy groups -OCH3 is 1. The highest BCUT2D eigenvalue weighted by atomic mass is 16.5. The van der Waals surface area contributed by atoms with Crippen LogP contribution in [-0.2, 0) is 11.3 Å². The van der Waals surface area contributed by atoms with Crippen LogP contribution in [0.3, 0.4) is 0 Å². The van der Waals surface area contributed by atoms with E-state index in [0.29, 0.717) is 13.0 Å². The quantitative estimate of drug-likeness (QED) is 0.817. The average Bonchev–Trinajstić information content (AvgIpc) is 3.06. The molecule has 2 aliphatic heterocycles. The summed E-state index contributed by atoms with van der Waals surface area (Å²) in [4.78, 5) is 30.3. The van der Waals surface area contributed by atoms with Crippen molar-refractivity contribution < 1.29 is 14.3 Å². The van der Waals surface area contributed by atoms with Crippen LogP contribution in [0.4, 0.5) is 4.79 Å². The molecule has 2 saturated heterocycles. The SMILES string of the molecule is CCN1C[C@H](CNC(=O)N2CCN(Cc3cccc(OC)c3)CC2)CC1=O. The number of benzene rings is 1. The first-order chi connectivity index (χ1) is 13.1. The summed E-state index contributed by atoms with van der Waals surface area (Å²) >= 11 is 0. The number of ether oxygens (including phenoxy) is 1. The van der Waals surface area contributed by atoms with E-state index in [2.05, 4.69) is 22.3 Å². The van der Waals surface area contributed by atoms with Crippen molar-refractivity contribution in [1.82, 2.24) is 20.0 Å². The highest BCUT2D eigenvalue weighted by molar-refractivity contribution is 5.79. The van der Waals surface area contributed by atoms with Crippen molar-refractivity contribution in [2.24, 2.45) is 5.92 Å². The molecule has 0 spiro atoms. The lowest BCUT2D eigenvalue weighted by Gasteiger charge is -2.35. The Kier molecular flexibility index (Phi) is 6.55. The minimum absolute atomic E-state index is 0.0153. The molecule has 3 rings (SSSR count). The van der Waals surface area contributed by atoms with Crippen molar-refractivity contribution >= 4 is 11.9 Å². The molecule has 0 unspecified atom stereocenters. The van der Waals surface area contributed by atoms with E-state index in [1.165, 1.54) is 5.56 Å². The molecule has 0 aromatic heterocycles. The van der Waals surface area contributed by atoms with E-state index < -0.39 is 0 Å². The summed E-state index contributed by atoms with van der Waals surface area (Å²) in [6.07, 6.45) is 0.544. The van der Waals surface area contributed by atoms with Gasteiger partial charge in [-0.25, -0.2) is 4.79 Å². The number of amides is 3. The average molecular weight is 374 g/mol. The Morgan fingerprint density at radius 3 is 2.70 bits per heavy atom. The van der Waals surface area contributed by atoms with Gasteiger partial charge in [-0.05, 0) is 24.6 Å². The Morgan fingerprint density at radius 2 is 2.04 bits per heavy atom. The zero-order valence-corrected chi connectivity index (χ0v) is 16.3. The number of hydrogen-bond donors (Lipinski definition) is 1. The first-order valence-corrected chi connectivity index (χ1v) is 9.75. The molecule has 148 valence electrons.